The summed E-state index contributed by atoms with van der Waals surface area (Å²) in [6.07, 6.45) is 0. The van der Waals surface area contributed by atoms with E-state index in [0.29, 0.717) is 5.69 Å². The number of nitrogens with one attached hydrogen (secondary N) is 2. The molecule has 96 valence electrons. The van der Waals surface area contributed by atoms with Gasteiger partial charge in [0.15, 0.2) is 0 Å². The zero-order valence-electron chi connectivity index (χ0n) is 10.1. The average molecular weight is 250 g/mol. The lowest BCUT2D eigenvalue weighted by Gasteiger charge is -2.12. The maximum Gasteiger partial charge on any atom is 0.335 e. The van der Waals surface area contributed by atoms with Gasteiger partial charge in [0.25, 0.3) is 0 Å². The number of aromatic carboxylic acids is 1. The van der Waals surface area contributed by atoms with E-state index in [-0.39, 0.29) is 17.4 Å². The van der Waals surface area contributed by atoms with E-state index in [1.54, 1.807) is 6.92 Å². The van der Waals surface area contributed by atoms with Gasteiger partial charge >= 0.3 is 5.97 Å². The van der Waals surface area contributed by atoms with Gasteiger partial charge in [0, 0.05) is 12.6 Å². The van der Waals surface area contributed by atoms with Crippen LogP contribution in [0.4, 0.5) is 5.69 Å². The summed E-state index contributed by atoms with van der Waals surface area (Å²) in [5.74, 6) is -1.69. The Labute approximate surface area is 104 Å². The van der Waals surface area contributed by atoms with Crippen LogP contribution in [0.2, 0.25) is 0 Å². The van der Waals surface area contributed by atoms with Gasteiger partial charge < -0.3 is 15.7 Å². The van der Waals surface area contributed by atoms with Gasteiger partial charge in [-0.15, -0.1) is 0 Å². The van der Waals surface area contributed by atoms with Crippen molar-refractivity contribution in [2.45, 2.75) is 19.9 Å². The molecule has 6 nitrogen and oxygen atoms in total. The molecule has 0 radical (unpaired) electrons. The number of carboxylic acids is 1. The van der Waals surface area contributed by atoms with E-state index in [2.05, 4.69) is 10.6 Å². The first-order chi connectivity index (χ1) is 8.40. The summed E-state index contributed by atoms with van der Waals surface area (Å²) in [4.78, 5) is 33.0. The van der Waals surface area contributed by atoms with Crippen molar-refractivity contribution in [3.8, 4) is 0 Å². The number of carbonyl (C=O) groups is 3. The minimum absolute atomic E-state index is 0.142. The predicted molar refractivity (Wildman–Crippen MR) is 65.3 cm³/mol. The topological polar surface area (TPSA) is 95.5 Å². The van der Waals surface area contributed by atoms with Crippen LogP contribution in [-0.2, 0) is 9.59 Å². The van der Waals surface area contributed by atoms with Gasteiger partial charge in [0.2, 0.25) is 11.8 Å². The molecule has 0 aliphatic heterocycles. The summed E-state index contributed by atoms with van der Waals surface area (Å²) in [6, 6.07) is 5.10. The predicted octanol–water partition coefficient (Wildman–Crippen LogP) is 0.848. The molecule has 0 saturated heterocycles. The number of hydrogen-bond donors (Lipinski definition) is 3. The van der Waals surface area contributed by atoms with E-state index in [0.717, 1.165) is 0 Å². The Kier molecular flexibility index (Phi) is 4.42. The number of amides is 2. The van der Waals surface area contributed by atoms with Gasteiger partial charge in [-0.25, -0.2) is 4.79 Å². The van der Waals surface area contributed by atoms with Gasteiger partial charge in [0.1, 0.15) is 6.04 Å². The third-order valence-electron chi connectivity index (χ3n) is 2.21. The van der Waals surface area contributed by atoms with Crippen LogP contribution in [0.3, 0.4) is 0 Å². The summed E-state index contributed by atoms with van der Waals surface area (Å²) in [7, 11) is 0. The molecule has 2 amide bonds. The highest BCUT2D eigenvalue weighted by atomic mass is 16.4. The molecule has 0 heterocycles. The van der Waals surface area contributed by atoms with E-state index < -0.39 is 12.0 Å². The van der Waals surface area contributed by atoms with Crippen molar-refractivity contribution in [1.29, 1.82) is 0 Å². The highest BCUT2D eigenvalue weighted by Gasteiger charge is 2.13. The standard InChI is InChI=1S/C12H14N2O4/c1-7(13-8(2)15)11(16)14-10-5-3-9(4-6-10)12(17)18/h3-7H,1-2H3,(H,13,15)(H,14,16)(H,17,18)/t7-/m1/s1. The second-order valence-electron chi connectivity index (χ2n) is 3.79. The minimum atomic E-state index is -1.03. The Morgan fingerprint density at radius 3 is 2.17 bits per heavy atom. The number of rotatable bonds is 4. The van der Waals surface area contributed by atoms with Crippen LogP contribution in [0.5, 0.6) is 0 Å². The second-order valence-corrected chi connectivity index (χ2v) is 3.79. The zero-order valence-corrected chi connectivity index (χ0v) is 10.1. The lowest BCUT2D eigenvalue weighted by atomic mass is 10.2. The van der Waals surface area contributed by atoms with E-state index in [4.69, 9.17) is 5.11 Å². The smallest absolute Gasteiger partial charge is 0.335 e. The third kappa shape index (κ3) is 3.89. The summed E-state index contributed by atoms with van der Waals surface area (Å²) in [6.45, 7) is 2.88. The lowest BCUT2D eigenvalue weighted by molar-refractivity contribution is -0.124. The third-order valence-corrected chi connectivity index (χ3v) is 2.21. The Balaban J connectivity index is 2.64. The number of carbonyl (C=O) groups excluding carboxylic acids is 2. The van der Waals surface area contributed by atoms with E-state index in [9.17, 15) is 14.4 Å². The van der Waals surface area contributed by atoms with Gasteiger partial charge in [0.05, 0.1) is 5.56 Å². The van der Waals surface area contributed by atoms with Crippen molar-refractivity contribution < 1.29 is 19.5 Å². The van der Waals surface area contributed by atoms with Crippen molar-refractivity contribution in [3.63, 3.8) is 0 Å². The van der Waals surface area contributed by atoms with E-state index in [1.165, 1.54) is 31.2 Å². The molecule has 0 unspecified atom stereocenters. The molecule has 3 N–H and O–H groups in total. The van der Waals surface area contributed by atoms with Crippen LogP contribution in [0.1, 0.15) is 24.2 Å². The van der Waals surface area contributed by atoms with Crippen LogP contribution >= 0.6 is 0 Å². The van der Waals surface area contributed by atoms with Crippen molar-refractivity contribution in [1.82, 2.24) is 5.32 Å². The first-order valence-corrected chi connectivity index (χ1v) is 5.31. The first kappa shape index (κ1) is 13.7. The summed E-state index contributed by atoms with van der Waals surface area (Å²) < 4.78 is 0. The molecule has 0 bridgehead atoms. The lowest BCUT2D eigenvalue weighted by Crippen LogP contribution is -2.40. The molecule has 0 fully saturated rings. The largest absolute Gasteiger partial charge is 0.478 e. The van der Waals surface area contributed by atoms with E-state index >= 15 is 0 Å². The molecule has 1 atom stereocenters. The maximum absolute atomic E-state index is 11.6. The van der Waals surface area contributed by atoms with Crippen molar-refractivity contribution >= 4 is 23.5 Å². The molecule has 0 spiro atoms. The Hall–Kier alpha value is -2.37. The highest BCUT2D eigenvalue weighted by molar-refractivity contribution is 5.97. The van der Waals surface area contributed by atoms with Gasteiger partial charge in [-0.2, -0.15) is 0 Å². The maximum atomic E-state index is 11.6. The molecule has 1 aromatic carbocycles. The molecular weight excluding hydrogens is 236 g/mol. The highest BCUT2D eigenvalue weighted by Crippen LogP contribution is 2.09. The van der Waals surface area contributed by atoms with Crippen molar-refractivity contribution in [3.05, 3.63) is 29.8 Å². The summed E-state index contributed by atoms with van der Waals surface area (Å²) in [5, 5.41) is 13.7. The number of carboxylic acid groups (broad SMARTS) is 1. The Morgan fingerprint density at radius 1 is 1.17 bits per heavy atom. The molecule has 1 aromatic rings. The number of anilines is 1. The molecule has 0 aromatic heterocycles. The van der Waals surface area contributed by atoms with Crippen LogP contribution in [0, 0.1) is 0 Å². The van der Waals surface area contributed by atoms with Crippen LogP contribution in [0.15, 0.2) is 24.3 Å². The normalized spacial score (nSPS) is 11.4. The molecule has 0 aliphatic rings. The van der Waals surface area contributed by atoms with Gasteiger partial charge in [-0.05, 0) is 31.2 Å². The first-order valence-electron chi connectivity index (χ1n) is 5.31. The number of benzene rings is 1. The van der Waals surface area contributed by atoms with Crippen molar-refractivity contribution in [2.24, 2.45) is 0 Å². The molecule has 1 rings (SSSR count). The SMILES string of the molecule is CC(=O)N[C@H](C)C(=O)Nc1ccc(C(=O)O)cc1. The quantitative estimate of drug-likeness (QED) is 0.738. The fourth-order valence-corrected chi connectivity index (χ4v) is 1.32. The van der Waals surface area contributed by atoms with Gasteiger partial charge in [-0.1, -0.05) is 0 Å². The van der Waals surface area contributed by atoms with Crippen LogP contribution in [-0.4, -0.2) is 28.9 Å². The van der Waals surface area contributed by atoms with Crippen LogP contribution in [0.25, 0.3) is 0 Å². The Bertz CT molecular complexity index is 467. The van der Waals surface area contributed by atoms with Crippen LogP contribution < -0.4 is 10.6 Å². The monoisotopic (exact) mass is 250 g/mol. The molecule has 6 heteroatoms. The molecule has 0 saturated carbocycles. The molecular formula is C12H14N2O4. The summed E-state index contributed by atoms with van der Waals surface area (Å²) >= 11 is 0. The fraction of sp³-hybridized carbons (Fsp3) is 0.250. The average Bonchev–Trinajstić information content (AvgIpc) is 2.28. The minimum Gasteiger partial charge on any atom is -0.478 e. The Morgan fingerprint density at radius 2 is 1.72 bits per heavy atom. The second kappa shape index (κ2) is 5.81. The zero-order chi connectivity index (χ0) is 13.7. The molecule has 18 heavy (non-hydrogen) atoms. The number of hydrogen-bond acceptors (Lipinski definition) is 3. The van der Waals surface area contributed by atoms with Crippen molar-refractivity contribution in [2.75, 3.05) is 5.32 Å². The van der Waals surface area contributed by atoms with Gasteiger partial charge in [-0.3, -0.25) is 9.59 Å². The summed E-state index contributed by atoms with van der Waals surface area (Å²) in [5.41, 5.74) is 0.616. The molecule has 0 aliphatic carbocycles. The fourth-order valence-electron chi connectivity index (χ4n) is 1.32. The van der Waals surface area contributed by atoms with E-state index in [1.807, 2.05) is 0 Å².